The molecule has 15 heteroatoms. The Morgan fingerprint density at radius 1 is 0.854 bits per heavy atom. The maximum atomic E-state index is 13.4. The van der Waals surface area contributed by atoms with Crippen molar-refractivity contribution in [3.05, 3.63) is 100 Å². The van der Waals surface area contributed by atoms with Crippen molar-refractivity contribution in [3.63, 3.8) is 0 Å². The second-order valence-electron chi connectivity index (χ2n) is 8.36. The van der Waals surface area contributed by atoms with Crippen LogP contribution in [0.4, 0.5) is 32.0 Å². The molecule has 3 aromatic carbocycles. The Kier molecular flexibility index (Phi) is 8.92. The van der Waals surface area contributed by atoms with Gasteiger partial charge in [-0.15, -0.1) is 10.2 Å². The third-order valence-electron chi connectivity index (χ3n) is 5.48. The first-order chi connectivity index (χ1) is 19.3. The first-order valence-electron chi connectivity index (χ1n) is 11.6. The molecule has 214 valence electrons. The fraction of sp³-hybridized carbons (Fsp3) is 0.154. The SMILES string of the molecule is O=C(CSc1nnc(CNC(=O)c2ccccc2)n1-c1cccc(C(F)(F)F)c1)Nc1cc(C(F)(F)F)ccc1Cl. The molecule has 2 N–H and O–H groups in total. The van der Waals surface area contributed by atoms with Gasteiger partial charge in [0.05, 0.1) is 39.8 Å². The van der Waals surface area contributed by atoms with Gasteiger partial charge in [0.25, 0.3) is 5.91 Å². The molecule has 0 unspecified atom stereocenters. The third kappa shape index (κ3) is 7.58. The number of hydrogen-bond donors (Lipinski definition) is 2. The second-order valence-corrected chi connectivity index (χ2v) is 9.71. The van der Waals surface area contributed by atoms with Crippen LogP contribution >= 0.6 is 23.4 Å². The molecule has 0 bridgehead atoms. The van der Waals surface area contributed by atoms with Crippen LogP contribution in [-0.2, 0) is 23.7 Å². The van der Waals surface area contributed by atoms with Crippen molar-refractivity contribution in [2.75, 3.05) is 11.1 Å². The number of hydrogen-bond acceptors (Lipinski definition) is 5. The standard InChI is InChI=1S/C26H18ClF6N5O2S/c27-19-10-9-17(26(31,32)33)12-20(19)35-22(39)14-41-24-37-36-21(13-34-23(40)15-5-2-1-3-6-15)38(24)18-8-4-7-16(11-18)25(28,29)30/h1-12H,13-14H2,(H,34,40)(H,35,39). The van der Waals surface area contributed by atoms with Gasteiger partial charge in [-0.05, 0) is 48.5 Å². The highest BCUT2D eigenvalue weighted by molar-refractivity contribution is 7.99. The van der Waals surface area contributed by atoms with E-state index in [-0.39, 0.29) is 33.9 Å². The van der Waals surface area contributed by atoms with Gasteiger partial charge in [0.1, 0.15) is 0 Å². The number of rotatable bonds is 8. The average molecular weight is 614 g/mol. The highest BCUT2D eigenvalue weighted by atomic mass is 35.5. The Morgan fingerprint density at radius 2 is 1.54 bits per heavy atom. The Bertz CT molecular complexity index is 1560. The minimum absolute atomic E-state index is 0.00132. The summed E-state index contributed by atoms with van der Waals surface area (Å²) in [4.78, 5) is 25.1. The van der Waals surface area contributed by atoms with Crippen LogP contribution in [0.5, 0.6) is 0 Å². The van der Waals surface area contributed by atoms with Crippen LogP contribution < -0.4 is 10.6 Å². The summed E-state index contributed by atoms with van der Waals surface area (Å²) in [5, 5.41) is 12.7. The van der Waals surface area contributed by atoms with Crippen LogP contribution in [0.3, 0.4) is 0 Å². The Hall–Kier alpha value is -4.04. The van der Waals surface area contributed by atoms with Gasteiger partial charge in [-0.3, -0.25) is 14.2 Å². The summed E-state index contributed by atoms with van der Waals surface area (Å²) in [6.45, 7) is -0.219. The van der Waals surface area contributed by atoms with Crippen molar-refractivity contribution in [3.8, 4) is 5.69 Å². The Balaban J connectivity index is 1.57. The quantitative estimate of drug-likeness (QED) is 0.172. The second kappa shape index (κ2) is 12.2. The molecule has 0 aliphatic heterocycles. The molecule has 1 aromatic heterocycles. The van der Waals surface area contributed by atoms with Gasteiger partial charge in [0, 0.05) is 5.56 Å². The van der Waals surface area contributed by atoms with Crippen molar-refractivity contribution in [1.82, 2.24) is 20.1 Å². The lowest BCUT2D eigenvalue weighted by atomic mass is 10.2. The number of carbonyl (C=O) groups excluding carboxylic acids is 2. The number of nitrogens with one attached hydrogen (secondary N) is 2. The van der Waals surface area contributed by atoms with Gasteiger partial charge in [0.2, 0.25) is 5.91 Å². The predicted molar refractivity (Wildman–Crippen MR) is 140 cm³/mol. The predicted octanol–water partition coefficient (Wildman–Crippen LogP) is 6.62. The zero-order chi connectivity index (χ0) is 29.8. The zero-order valence-electron chi connectivity index (χ0n) is 20.6. The van der Waals surface area contributed by atoms with Crippen LogP contribution in [-0.4, -0.2) is 32.3 Å². The smallest absolute Gasteiger partial charge is 0.345 e. The van der Waals surface area contributed by atoms with E-state index in [0.717, 1.165) is 36.0 Å². The molecule has 0 fully saturated rings. The molecule has 0 radical (unpaired) electrons. The van der Waals surface area contributed by atoms with Gasteiger partial charge < -0.3 is 10.6 Å². The van der Waals surface area contributed by atoms with E-state index in [2.05, 4.69) is 20.8 Å². The van der Waals surface area contributed by atoms with E-state index in [1.165, 1.54) is 16.7 Å². The number of aromatic nitrogens is 3. The van der Waals surface area contributed by atoms with Crippen LogP contribution in [0.25, 0.3) is 5.69 Å². The van der Waals surface area contributed by atoms with Crippen LogP contribution in [0.15, 0.2) is 78.0 Å². The minimum Gasteiger partial charge on any atom is -0.345 e. The molecule has 4 rings (SSSR count). The van der Waals surface area contributed by atoms with Crippen LogP contribution in [0.1, 0.15) is 27.3 Å². The molecule has 0 aliphatic carbocycles. The lowest BCUT2D eigenvalue weighted by Gasteiger charge is -2.14. The fourth-order valence-corrected chi connectivity index (χ4v) is 4.49. The number of amides is 2. The molecule has 0 saturated heterocycles. The number of alkyl halides is 6. The van der Waals surface area contributed by atoms with E-state index in [0.29, 0.717) is 11.6 Å². The van der Waals surface area contributed by atoms with Crippen LogP contribution in [0.2, 0.25) is 5.02 Å². The van der Waals surface area contributed by atoms with E-state index in [9.17, 15) is 35.9 Å². The normalized spacial score (nSPS) is 11.8. The molecular weight excluding hydrogens is 596 g/mol. The van der Waals surface area contributed by atoms with Gasteiger partial charge >= 0.3 is 12.4 Å². The maximum Gasteiger partial charge on any atom is 0.416 e. The topological polar surface area (TPSA) is 88.9 Å². The van der Waals surface area contributed by atoms with Crippen molar-refractivity contribution in [2.24, 2.45) is 0 Å². The van der Waals surface area contributed by atoms with Crippen molar-refractivity contribution in [2.45, 2.75) is 24.1 Å². The lowest BCUT2D eigenvalue weighted by molar-refractivity contribution is -0.138. The number of benzene rings is 3. The number of thioether (sulfide) groups is 1. The molecule has 2 amide bonds. The molecule has 0 aliphatic rings. The molecule has 4 aromatic rings. The first-order valence-corrected chi connectivity index (χ1v) is 12.9. The van der Waals surface area contributed by atoms with Crippen LogP contribution in [0, 0.1) is 0 Å². The molecule has 41 heavy (non-hydrogen) atoms. The molecule has 1 heterocycles. The maximum absolute atomic E-state index is 13.4. The highest BCUT2D eigenvalue weighted by Gasteiger charge is 2.32. The van der Waals surface area contributed by atoms with Gasteiger partial charge in [-0.2, -0.15) is 26.3 Å². The van der Waals surface area contributed by atoms with E-state index in [1.54, 1.807) is 30.3 Å². The van der Waals surface area contributed by atoms with E-state index in [1.807, 2.05) is 0 Å². The fourth-order valence-electron chi connectivity index (χ4n) is 3.55. The van der Waals surface area contributed by atoms with Gasteiger partial charge in [0.15, 0.2) is 11.0 Å². The molecule has 0 spiro atoms. The third-order valence-corrected chi connectivity index (χ3v) is 6.73. The summed E-state index contributed by atoms with van der Waals surface area (Å²) in [7, 11) is 0. The summed E-state index contributed by atoms with van der Waals surface area (Å²) in [6, 6.07) is 14.9. The Morgan fingerprint density at radius 3 is 2.22 bits per heavy atom. The molecular formula is C26H18ClF6N5O2S. The van der Waals surface area contributed by atoms with Gasteiger partial charge in [-0.25, -0.2) is 0 Å². The number of carbonyl (C=O) groups is 2. The van der Waals surface area contributed by atoms with Crippen molar-refractivity contribution in [1.29, 1.82) is 0 Å². The molecule has 7 nitrogen and oxygen atoms in total. The lowest BCUT2D eigenvalue weighted by Crippen LogP contribution is -2.24. The average Bonchev–Trinajstić information content (AvgIpc) is 3.34. The number of nitrogens with zero attached hydrogens (tertiary/aromatic N) is 3. The minimum atomic E-state index is -4.66. The molecule has 0 saturated carbocycles. The first kappa shape index (κ1) is 29.9. The number of anilines is 1. The summed E-state index contributed by atoms with van der Waals surface area (Å²) in [5.41, 5.74) is -1.88. The van der Waals surface area contributed by atoms with E-state index < -0.39 is 41.0 Å². The van der Waals surface area contributed by atoms with E-state index in [4.69, 9.17) is 11.6 Å². The summed E-state index contributed by atoms with van der Waals surface area (Å²) in [5.74, 6) is -1.55. The van der Waals surface area contributed by atoms with Gasteiger partial charge in [-0.1, -0.05) is 47.6 Å². The largest absolute Gasteiger partial charge is 0.416 e. The van der Waals surface area contributed by atoms with Crippen molar-refractivity contribution >= 4 is 40.9 Å². The highest BCUT2D eigenvalue weighted by Crippen LogP contribution is 2.34. The molecule has 0 atom stereocenters. The summed E-state index contributed by atoms with van der Waals surface area (Å²) in [6.07, 6.45) is -9.31. The zero-order valence-corrected chi connectivity index (χ0v) is 22.1. The number of halogens is 7. The summed E-state index contributed by atoms with van der Waals surface area (Å²) >= 11 is 6.70. The summed E-state index contributed by atoms with van der Waals surface area (Å²) < 4.78 is 80.6. The van der Waals surface area contributed by atoms with E-state index >= 15 is 0 Å². The monoisotopic (exact) mass is 613 g/mol. The Labute approximate surface area is 237 Å². The van der Waals surface area contributed by atoms with Crippen molar-refractivity contribution < 1.29 is 35.9 Å².